The second-order valence-electron chi connectivity index (χ2n) is 12.8. The van der Waals surface area contributed by atoms with E-state index in [1.165, 1.54) is 7.05 Å². The van der Waals surface area contributed by atoms with Crippen molar-refractivity contribution in [2.24, 2.45) is 17.8 Å². The van der Waals surface area contributed by atoms with Gasteiger partial charge in [0, 0.05) is 24.1 Å². The summed E-state index contributed by atoms with van der Waals surface area (Å²) in [6, 6.07) is 18.6. The molecule has 46 heavy (non-hydrogen) atoms. The van der Waals surface area contributed by atoms with Crippen molar-refractivity contribution in [3.05, 3.63) is 106 Å². The monoisotopic (exact) mass is 656 g/mol. The van der Waals surface area contributed by atoms with Crippen molar-refractivity contribution in [3.63, 3.8) is 0 Å². The fraction of sp³-hybridized carbons (Fsp3) is 0.306. The number of fused-ring (bicyclic) bond motifs is 4. The van der Waals surface area contributed by atoms with E-state index in [0.29, 0.717) is 39.1 Å². The SMILES string of the molecule is Cc1cc(C2C3=CCC4C(=O)N(c5ccc(C(=O)c6ccccc6)cc5)C(=O)C4C3CC3(Cl)C(=O)N(C)C(=O)C23Cl)cc(C)c1O. The van der Waals surface area contributed by atoms with Crippen molar-refractivity contribution < 1.29 is 29.1 Å². The van der Waals surface area contributed by atoms with Crippen LogP contribution in [0.15, 0.2) is 78.4 Å². The zero-order valence-electron chi connectivity index (χ0n) is 25.3. The Kier molecular flexibility index (Phi) is 6.85. The molecule has 7 rings (SSSR count). The van der Waals surface area contributed by atoms with E-state index >= 15 is 0 Å². The van der Waals surface area contributed by atoms with Crippen LogP contribution in [0.2, 0.25) is 0 Å². The van der Waals surface area contributed by atoms with Crippen LogP contribution in [0.5, 0.6) is 5.75 Å². The molecule has 2 aliphatic carbocycles. The molecule has 2 aliphatic heterocycles. The Morgan fingerprint density at radius 3 is 2.09 bits per heavy atom. The van der Waals surface area contributed by atoms with Gasteiger partial charge in [-0.05, 0) is 73.6 Å². The number of aryl methyl sites for hydroxylation is 2. The lowest BCUT2D eigenvalue weighted by molar-refractivity contribution is -0.138. The fourth-order valence-electron chi connectivity index (χ4n) is 8.05. The number of allylic oxidation sites excluding steroid dienone is 2. The van der Waals surface area contributed by atoms with Crippen LogP contribution >= 0.6 is 23.2 Å². The number of imide groups is 2. The fourth-order valence-corrected chi connectivity index (χ4v) is 9.07. The van der Waals surface area contributed by atoms with Gasteiger partial charge in [-0.25, -0.2) is 0 Å². The molecule has 2 saturated heterocycles. The molecule has 6 atom stereocenters. The highest BCUT2D eigenvalue weighted by atomic mass is 35.5. The van der Waals surface area contributed by atoms with Crippen molar-refractivity contribution in [3.8, 4) is 5.75 Å². The molecular formula is C36H30Cl2N2O6. The number of likely N-dealkylation sites (tertiary alicyclic amines) is 1. The summed E-state index contributed by atoms with van der Waals surface area (Å²) in [6.07, 6.45) is 2.00. The van der Waals surface area contributed by atoms with Crippen molar-refractivity contribution in [2.45, 2.75) is 42.4 Å². The number of hydrogen-bond donors (Lipinski definition) is 1. The van der Waals surface area contributed by atoms with Gasteiger partial charge in [0.05, 0.1) is 17.5 Å². The molecule has 1 N–H and O–H groups in total. The highest BCUT2D eigenvalue weighted by Crippen LogP contribution is 2.65. The van der Waals surface area contributed by atoms with E-state index in [1.807, 2.05) is 12.1 Å². The summed E-state index contributed by atoms with van der Waals surface area (Å²) in [4.78, 5) is 66.9. The van der Waals surface area contributed by atoms with E-state index in [9.17, 15) is 29.1 Å². The number of benzene rings is 3. The first-order valence-electron chi connectivity index (χ1n) is 15.1. The Morgan fingerprint density at radius 1 is 0.848 bits per heavy atom. The lowest BCUT2D eigenvalue weighted by atomic mass is 9.56. The van der Waals surface area contributed by atoms with Crippen molar-refractivity contribution >= 4 is 58.3 Å². The second kappa shape index (κ2) is 10.4. The zero-order chi connectivity index (χ0) is 32.9. The van der Waals surface area contributed by atoms with Crippen LogP contribution in [0.4, 0.5) is 5.69 Å². The third-order valence-corrected chi connectivity index (χ3v) is 11.7. The number of anilines is 1. The largest absolute Gasteiger partial charge is 0.507 e. The number of hydrogen-bond acceptors (Lipinski definition) is 6. The molecule has 4 aliphatic rings. The Labute approximate surface area is 275 Å². The standard InChI is InChI=1S/C36H30Cl2N2O6/c1-18-15-22(16-19(2)29(18)41)28-24-13-14-25-27(26(24)17-35(37)33(45)39(3)34(46)36(28,35)38)32(44)40(31(25)43)23-11-9-21(10-12-23)30(42)20-7-5-4-6-8-20/h4-13,15-16,25-28,41H,14,17H2,1-3H3. The van der Waals surface area contributed by atoms with E-state index in [2.05, 4.69) is 0 Å². The van der Waals surface area contributed by atoms with Gasteiger partial charge >= 0.3 is 0 Å². The summed E-state index contributed by atoms with van der Waals surface area (Å²) in [5.74, 6) is -5.28. The first-order chi connectivity index (χ1) is 21.8. The topological polar surface area (TPSA) is 112 Å². The molecule has 0 radical (unpaired) electrons. The van der Waals surface area contributed by atoms with Gasteiger partial charge in [0.25, 0.3) is 11.8 Å². The highest BCUT2D eigenvalue weighted by molar-refractivity contribution is 6.53. The van der Waals surface area contributed by atoms with E-state index in [1.54, 1.807) is 74.5 Å². The predicted octanol–water partition coefficient (Wildman–Crippen LogP) is 5.43. The smallest absolute Gasteiger partial charge is 0.253 e. The number of carbonyl (C=O) groups is 5. The van der Waals surface area contributed by atoms with Gasteiger partial charge in [-0.2, -0.15) is 0 Å². The van der Waals surface area contributed by atoms with E-state index in [-0.39, 0.29) is 30.3 Å². The second-order valence-corrected chi connectivity index (χ2v) is 14.0. The number of amides is 4. The molecule has 3 aromatic carbocycles. The number of carbonyl (C=O) groups excluding carboxylic acids is 5. The van der Waals surface area contributed by atoms with Crippen LogP contribution in [0.1, 0.15) is 51.4 Å². The van der Waals surface area contributed by atoms with Gasteiger partial charge in [0.2, 0.25) is 11.8 Å². The maximum atomic E-state index is 14.3. The number of phenolic OH excluding ortho intramolecular Hbond substituents is 1. The van der Waals surface area contributed by atoms with Crippen LogP contribution in [0, 0.1) is 31.6 Å². The van der Waals surface area contributed by atoms with Gasteiger partial charge < -0.3 is 5.11 Å². The normalized spacial score (nSPS) is 30.2. The highest BCUT2D eigenvalue weighted by Gasteiger charge is 2.75. The average molecular weight is 658 g/mol. The van der Waals surface area contributed by atoms with Gasteiger partial charge in [-0.1, -0.05) is 54.1 Å². The van der Waals surface area contributed by atoms with Gasteiger partial charge in [-0.3, -0.25) is 33.8 Å². The zero-order valence-corrected chi connectivity index (χ0v) is 26.8. The molecular weight excluding hydrogens is 627 g/mol. The van der Waals surface area contributed by atoms with Crippen LogP contribution in [-0.4, -0.2) is 56.2 Å². The van der Waals surface area contributed by atoms with E-state index in [0.717, 1.165) is 9.80 Å². The average Bonchev–Trinajstić information content (AvgIpc) is 3.38. The number of aromatic hydroxyl groups is 1. The number of rotatable bonds is 4. The van der Waals surface area contributed by atoms with Gasteiger partial charge in [0.1, 0.15) is 5.75 Å². The number of nitrogens with zero attached hydrogens (tertiary/aromatic N) is 2. The first kappa shape index (κ1) is 30.4. The number of ketones is 1. The predicted molar refractivity (Wildman–Crippen MR) is 172 cm³/mol. The molecule has 4 amide bonds. The minimum Gasteiger partial charge on any atom is -0.507 e. The lowest BCUT2D eigenvalue weighted by Crippen LogP contribution is -2.60. The van der Waals surface area contributed by atoms with Crippen LogP contribution < -0.4 is 4.90 Å². The van der Waals surface area contributed by atoms with E-state index in [4.69, 9.17) is 23.2 Å². The molecule has 6 unspecified atom stereocenters. The molecule has 3 fully saturated rings. The van der Waals surface area contributed by atoms with Crippen LogP contribution in [0.3, 0.4) is 0 Å². The Morgan fingerprint density at radius 2 is 1.46 bits per heavy atom. The summed E-state index contributed by atoms with van der Waals surface area (Å²) < 4.78 is 0. The number of alkyl halides is 2. The number of phenols is 1. The van der Waals surface area contributed by atoms with Gasteiger partial charge in [-0.15, -0.1) is 23.2 Å². The summed E-state index contributed by atoms with van der Waals surface area (Å²) in [7, 11) is 1.35. The molecule has 234 valence electrons. The molecule has 0 spiro atoms. The van der Waals surface area contributed by atoms with Gasteiger partial charge in [0.15, 0.2) is 15.5 Å². The molecule has 3 aromatic rings. The maximum absolute atomic E-state index is 14.3. The minimum atomic E-state index is -1.89. The summed E-state index contributed by atoms with van der Waals surface area (Å²) >= 11 is 14.5. The minimum absolute atomic E-state index is 0.101. The quantitative estimate of drug-likeness (QED) is 0.173. The Bertz CT molecular complexity index is 1880. The first-order valence-corrected chi connectivity index (χ1v) is 15.8. The Hall–Kier alpha value is -4.27. The molecule has 0 aromatic heterocycles. The molecule has 8 nitrogen and oxygen atoms in total. The Balaban J connectivity index is 1.29. The van der Waals surface area contributed by atoms with Crippen molar-refractivity contribution in [2.75, 3.05) is 11.9 Å². The third kappa shape index (κ3) is 3.96. The van der Waals surface area contributed by atoms with Crippen LogP contribution in [0.25, 0.3) is 0 Å². The maximum Gasteiger partial charge on any atom is 0.253 e. The molecule has 2 heterocycles. The van der Waals surface area contributed by atoms with Crippen molar-refractivity contribution in [1.82, 2.24) is 4.90 Å². The summed E-state index contributed by atoms with van der Waals surface area (Å²) in [5.41, 5.74) is 3.67. The summed E-state index contributed by atoms with van der Waals surface area (Å²) in [6.45, 7) is 3.46. The lowest BCUT2D eigenvalue weighted by Gasteiger charge is -2.51. The summed E-state index contributed by atoms with van der Waals surface area (Å²) in [5, 5.41) is 10.5. The third-order valence-electron chi connectivity index (χ3n) is 10.3. The van der Waals surface area contributed by atoms with Crippen LogP contribution in [-0.2, 0) is 19.2 Å². The number of halogens is 2. The van der Waals surface area contributed by atoms with E-state index < -0.39 is 51.1 Å². The van der Waals surface area contributed by atoms with Crippen molar-refractivity contribution in [1.29, 1.82) is 0 Å². The molecule has 0 bridgehead atoms. The molecule has 1 saturated carbocycles. The molecule has 10 heteroatoms.